The number of hydrogen-bond acceptors (Lipinski definition) is 3. The lowest BCUT2D eigenvalue weighted by molar-refractivity contribution is 0.102. The van der Waals surface area contributed by atoms with E-state index >= 15 is 0 Å². The van der Waals surface area contributed by atoms with Crippen molar-refractivity contribution in [3.05, 3.63) is 100 Å². The number of fused-ring (bicyclic) bond motifs is 1. The van der Waals surface area contributed by atoms with Crippen molar-refractivity contribution in [2.45, 2.75) is 6.42 Å². The number of amides is 1. The number of aromatic nitrogens is 2. The molecule has 0 spiro atoms. The Morgan fingerprint density at radius 1 is 0.821 bits per heavy atom. The summed E-state index contributed by atoms with van der Waals surface area (Å²) < 4.78 is 0. The molecule has 4 rings (SSSR count). The van der Waals surface area contributed by atoms with Crippen LogP contribution in [0.4, 0.5) is 5.69 Å². The van der Waals surface area contributed by atoms with E-state index in [-0.39, 0.29) is 5.91 Å². The molecule has 0 unspecified atom stereocenters. The zero-order chi connectivity index (χ0) is 19.5. The van der Waals surface area contributed by atoms with Gasteiger partial charge in [-0.1, -0.05) is 65.7 Å². The number of carbonyl (C=O) groups excluding carboxylic acids is 1. The molecule has 0 aliphatic heterocycles. The van der Waals surface area contributed by atoms with Gasteiger partial charge in [0.15, 0.2) is 0 Å². The highest BCUT2D eigenvalue weighted by Gasteiger charge is 2.08. The van der Waals surface area contributed by atoms with Crippen LogP contribution in [0.25, 0.3) is 10.8 Å². The van der Waals surface area contributed by atoms with Crippen LogP contribution in [0.2, 0.25) is 10.3 Å². The highest BCUT2D eigenvalue weighted by molar-refractivity contribution is 6.33. The number of halogens is 2. The average molecular weight is 408 g/mol. The van der Waals surface area contributed by atoms with Crippen LogP contribution in [-0.2, 0) is 6.42 Å². The van der Waals surface area contributed by atoms with Gasteiger partial charge in [-0.3, -0.25) is 4.79 Å². The van der Waals surface area contributed by atoms with Gasteiger partial charge in [-0.2, -0.15) is 0 Å². The second kappa shape index (κ2) is 7.97. The van der Waals surface area contributed by atoms with Gasteiger partial charge < -0.3 is 5.32 Å². The van der Waals surface area contributed by atoms with E-state index in [1.165, 1.54) is 6.07 Å². The molecule has 138 valence electrons. The standard InChI is InChI=1S/C22H15Cl2N3O/c23-19-13-20(24)27-21(26-19)11-14-5-9-18(10-6-14)25-22(28)17-8-7-15-3-1-2-4-16(15)12-17/h1-10,12-13H,11H2,(H,25,28). The topological polar surface area (TPSA) is 54.9 Å². The summed E-state index contributed by atoms with van der Waals surface area (Å²) in [5.74, 6) is 0.397. The number of benzene rings is 3. The fourth-order valence-electron chi connectivity index (χ4n) is 2.94. The third-order valence-electron chi connectivity index (χ3n) is 4.30. The van der Waals surface area contributed by atoms with E-state index in [9.17, 15) is 4.79 Å². The molecule has 1 heterocycles. The maximum Gasteiger partial charge on any atom is 0.255 e. The van der Waals surface area contributed by atoms with Crippen LogP contribution < -0.4 is 5.32 Å². The molecule has 4 aromatic rings. The molecule has 4 nitrogen and oxygen atoms in total. The second-order valence-corrected chi connectivity index (χ2v) is 7.09. The van der Waals surface area contributed by atoms with Crippen molar-refractivity contribution in [2.24, 2.45) is 0 Å². The van der Waals surface area contributed by atoms with Gasteiger partial charge in [0.05, 0.1) is 0 Å². The van der Waals surface area contributed by atoms with Gasteiger partial charge >= 0.3 is 0 Å². The van der Waals surface area contributed by atoms with E-state index in [4.69, 9.17) is 23.2 Å². The third kappa shape index (κ3) is 4.30. The van der Waals surface area contributed by atoms with Gasteiger partial charge in [0.25, 0.3) is 5.91 Å². The van der Waals surface area contributed by atoms with Crippen LogP contribution in [0.15, 0.2) is 72.8 Å². The Labute approximate surface area is 172 Å². The average Bonchev–Trinajstić information content (AvgIpc) is 2.68. The minimum absolute atomic E-state index is 0.150. The fourth-order valence-corrected chi connectivity index (χ4v) is 3.39. The zero-order valence-corrected chi connectivity index (χ0v) is 16.2. The number of rotatable bonds is 4. The van der Waals surface area contributed by atoms with Crippen molar-refractivity contribution < 1.29 is 4.79 Å². The minimum atomic E-state index is -0.150. The molecule has 0 aliphatic carbocycles. The second-order valence-electron chi connectivity index (χ2n) is 6.32. The van der Waals surface area contributed by atoms with Crippen molar-refractivity contribution in [2.75, 3.05) is 5.32 Å². The highest BCUT2D eigenvalue weighted by Crippen LogP contribution is 2.19. The van der Waals surface area contributed by atoms with E-state index in [0.29, 0.717) is 33.8 Å². The summed E-state index contributed by atoms with van der Waals surface area (Å²) in [6.45, 7) is 0. The van der Waals surface area contributed by atoms with Crippen molar-refractivity contribution >= 4 is 45.6 Å². The van der Waals surface area contributed by atoms with E-state index < -0.39 is 0 Å². The Bertz CT molecular complexity index is 1140. The zero-order valence-electron chi connectivity index (χ0n) is 14.7. The first-order chi connectivity index (χ1) is 13.6. The van der Waals surface area contributed by atoms with Crippen LogP contribution in [-0.4, -0.2) is 15.9 Å². The normalized spacial score (nSPS) is 10.8. The number of hydrogen-bond donors (Lipinski definition) is 1. The molecular weight excluding hydrogens is 393 g/mol. The van der Waals surface area contributed by atoms with Crippen LogP contribution in [0.1, 0.15) is 21.7 Å². The molecule has 0 radical (unpaired) electrons. The van der Waals surface area contributed by atoms with Crippen molar-refractivity contribution in [1.82, 2.24) is 9.97 Å². The summed E-state index contributed by atoms with van der Waals surface area (Å²) in [5.41, 5.74) is 2.32. The summed E-state index contributed by atoms with van der Waals surface area (Å²) in [6.07, 6.45) is 0.499. The summed E-state index contributed by atoms with van der Waals surface area (Å²) in [5, 5.41) is 5.68. The van der Waals surface area contributed by atoms with Gasteiger partial charge in [0.2, 0.25) is 0 Å². The van der Waals surface area contributed by atoms with E-state index in [1.807, 2.05) is 66.7 Å². The van der Waals surface area contributed by atoms with E-state index in [0.717, 1.165) is 16.3 Å². The number of carbonyl (C=O) groups is 1. The van der Waals surface area contributed by atoms with Crippen molar-refractivity contribution in [3.8, 4) is 0 Å². The summed E-state index contributed by atoms with van der Waals surface area (Å²) in [4.78, 5) is 20.9. The van der Waals surface area contributed by atoms with E-state index in [1.54, 1.807) is 0 Å². The lowest BCUT2D eigenvalue weighted by Gasteiger charge is -2.08. The lowest BCUT2D eigenvalue weighted by atomic mass is 10.1. The van der Waals surface area contributed by atoms with E-state index in [2.05, 4.69) is 15.3 Å². The molecule has 0 saturated heterocycles. The quantitative estimate of drug-likeness (QED) is 0.436. The largest absolute Gasteiger partial charge is 0.322 e. The molecule has 0 saturated carbocycles. The first-order valence-corrected chi connectivity index (χ1v) is 9.40. The van der Waals surface area contributed by atoms with Crippen LogP contribution >= 0.6 is 23.2 Å². The molecule has 28 heavy (non-hydrogen) atoms. The SMILES string of the molecule is O=C(Nc1ccc(Cc2nc(Cl)cc(Cl)n2)cc1)c1ccc2ccccc2c1. The Morgan fingerprint density at radius 2 is 1.50 bits per heavy atom. The molecule has 3 aromatic carbocycles. The van der Waals surface area contributed by atoms with Gasteiger partial charge in [-0.05, 0) is 40.6 Å². The Morgan fingerprint density at radius 3 is 2.21 bits per heavy atom. The Hall–Kier alpha value is -2.95. The monoisotopic (exact) mass is 407 g/mol. The summed E-state index contributed by atoms with van der Waals surface area (Å²) >= 11 is 11.8. The predicted octanol–water partition coefficient (Wildman–Crippen LogP) is 5.78. The van der Waals surface area contributed by atoms with Crippen molar-refractivity contribution in [3.63, 3.8) is 0 Å². The molecular formula is C22H15Cl2N3O. The summed E-state index contributed by atoms with van der Waals surface area (Å²) in [7, 11) is 0. The lowest BCUT2D eigenvalue weighted by Crippen LogP contribution is -2.11. The molecule has 1 N–H and O–H groups in total. The van der Waals surface area contributed by atoms with Gasteiger partial charge in [-0.25, -0.2) is 9.97 Å². The molecule has 0 bridgehead atoms. The molecule has 0 fully saturated rings. The summed E-state index contributed by atoms with van der Waals surface area (Å²) in [6, 6.07) is 22.6. The molecule has 1 amide bonds. The van der Waals surface area contributed by atoms with Gasteiger partial charge in [0.1, 0.15) is 16.1 Å². The Balaban J connectivity index is 1.46. The maximum absolute atomic E-state index is 12.5. The molecule has 0 atom stereocenters. The fraction of sp³-hybridized carbons (Fsp3) is 0.0455. The highest BCUT2D eigenvalue weighted by atomic mass is 35.5. The van der Waals surface area contributed by atoms with Crippen LogP contribution in [0.3, 0.4) is 0 Å². The first kappa shape index (κ1) is 18.4. The Kier molecular flexibility index (Phi) is 5.24. The number of anilines is 1. The van der Waals surface area contributed by atoms with Crippen LogP contribution in [0.5, 0.6) is 0 Å². The first-order valence-electron chi connectivity index (χ1n) is 8.65. The van der Waals surface area contributed by atoms with Crippen LogP contribution in [0, 0.1) is 0 Å². The predicted molar refractivity (Wildman–Crippen MR) is 113 cm³/mol. The molecule has 0 aliphatic rings. The smallest absolute Gasteiger partial charge is 0.255 e. The third-order valence-corrected chi connectivity index (χ3v) is 4.68. The van der Waals surface area contributed by atoms with Crippen molar-refractivity contribution in [1.29, 1.82) is 0 Å². The van der Waals surface area contributed by atoms with Gasteiger partial charge in [-0.15, -0.1) is 0 Å². The molecule has 6 heteroatoms. The minimum Gasteiger partial charge on any atom is -0.322 e. The number of nitrogens with zero attached hydrogens (tertiary/aromatic N) is 2. The van der Waals surface area contributed by atoms with Gasteiger partial charge in [0, 0.05) is 23.7 Å². The maximum atomic E-state index is 12.5. The molecule has 1 aromatic heterocycles. The number of nitrogens with one attached hydrogen (secondary N) is 1.